The molecule has 0 saturated heterocycles. The van der Waals surface area contributed by atoms with Crippen LogP contribution in [0.15, 0.2) is 18.2 Å². The minimum atomic E-state index is 0. The molecular weight excluding hydrogens is 1540 g/mol. The predicted octanol–water partition coefficient (Wildman–Crippen LogP) is 10.3. The van der Waals surface area contributed by atoms with Crippen molar-refractivity contribution in [3.8, 4) is 0 Å². The van der Waals surface area contributed by atoms with Crippen LogP contribution in [-0.4, -0.2) is 38.4 Å². The Morgan fingerprint density at radius 2 is 0.833 bits per heavy atom. The van der Waals surface area contributed by atoms with Gasteiger partial charge < -0.3 is 0 Å². The van der Waals surface area contributed by atoms with Gasteiger partial charge in [0.2, 0.25) is 0 Å². The van der Waals surface area contributed by atoms with Crippen LogP contribution < -0.4 is 5.32 Å². The van der Waals surface area contributed by atoms with Gasteiger partial charge in [-0.15, -0.1) is 0 Å². The molecule has 266 valence electrons. The van der Waals surface area contributed by atoms with Gasteiger partial charge in [-0.3, -0.25) is 0 Å². The van der Waals surface area contributed by atoms with Gasteiger partial charge in [0.25, 0.3) is 0 Å². The molecule has 0 fully saturated rings. The molecule has 0 heterocycles. The summed E-state index contributed by atoms with van der Waals surface area (Å²) in [6.45, 7) is 37.2. The fourth-order valence-corrected chi connectivity index (χ4v) is 1.37. The quantitative estimate of drug-likeness (QED) is 0.257. The van der Waals surface area contributed by atoms with E-state index in [0.717, 1.165) is 14.7 Å². The maximum absolute atomic E-state index is 5.15. The Hall–Kier alpha value is 2.49. The molecule has 0 unspecified atom stereocenters. The average molecular weight is 1620 g/mol. The summed E-state index contributed by atoms with van der Waals surface area (Å²) in [5.74, 6) is 0. The second-order valence-corrected chi connectivity index (χ2v) is 14.5. The van der Waals surface area contributed by atoms with Crippen LogP contribution in [0, 0.1) is 19.7 Å². The summed E-state index contributed by atoms with van der Waals surface area (Å²) < 4.78 is 16.7. The summed E-state index contributed by atoms with van der Waals surface area (Å²) in [4.78, 5) is 0. The molecule has 0 rings (SSSR count). The van der Waals surface area contributed by atoms with Crippen molar-refractivity contribution in [2.24, 2.45) is 0 Å². The molecule has 0 saturated carbocycles. The molecule has 1 N–H and O–H groups in total. The van der Waals surface area contributed by atoms with Crippen molar-refractivity contribution in [2.45, 2.75) is 141 Å². The summed E-state index contributed by atoms with van der Waals surface area (Å²) in [7, 11) is 0. The van der Waals surface area contributed by atoms with Gasteiger partial charge in [-0.1, -0.05) is 99.9 Å². The maximum atomic E-state index is 5.15. The van der Waals surface area contributed by atoms with Gasteiger partial charge >= 0.3 is 244 Å². The van der Waals surface area contributed by atoms with Crippen LogP contribution in [0.1, 0.15) is 141 Å². The standard InChI is InChI=1S/C5H8N.C5H7O.C4H5.2C3H8.3C2H3.8CH4.6W/c2*1-3-5-6-4-2;1-3-4-2;2*1-3-2;3*1-2;;;;;;;;;;;;;;/h1,3,6H,4H2,2H3;1,3H,4H2,2H3;1,3H,2H3;2*3H2,1-2H3;3*1H3;8*1H4;;;;;;/q3*-1;;;3*-1;;;;;;;;;;;;;;. The Labute approximate surface area is 339 Å². The average Bonchev–Trinajstić information content (AvgIpc) is 2.77. The molecule has 0 bridgehead atoms. The van der Waals surface area contributed by atoms with Gasteiger partial charge in [0.1, 0.15) is 0 Å². The van der Waals surface area contributed by atoms with E-state index in [4.69, 9.17) is 24.5 Å². The predicted molar refractivity (Wildman–Crippen MR) is 190 cm³/mol. The van der Waals surface area contributed by atoms with E-state index < -0.39 is 0 Å². The second-order valence-electron chi connectivity index (χ2n) is 4.78. The van der Waals surface area contributed by atoms with E-state index in [9.17, 15) is 0 Å². The monoisotopic (exact) mass is 1620 g/mol. The molecule has 8 heteroatoms. The van der Waals surface area contributed by atoms with Crippen LogP contribution >= 0.6 is 0 Å². The van der Waals surface area contributed by atoms with Crippen molar-refractivity contribution in [3.05, 3.63) is 38.0 Å². The first-order valence-electron chi connectivity index (χ1n) is 10.4. The first-order chi connectivity index (χ1) is 16.0. The van der Waals surface area contributed by atoms with E-state index >= 15 is 0 Å². The Morgan fingerprint density at radius 1 is 0.619 bits per heavy atom. The number of hydrogen-bond acceptors (Lipinski definition) is 2. The Balaban J connectivity index is -0.0000000131. The molecule has 0 atom stereocenters. The molecular formula is C34H77NOW6-6. The number of hydrogen-bond donors (Lipinski definition) is 1. The van der Waals surface area contributed by atoms with Gasteiger partial charge in [-0.25, -0.2) is 0 Å². The molecule has 0 radical (unpaired) electrons. The van der Waals surface area contributed by atoms with Crippen LogP contribution in [0.3, 0.4) is 0 Å². The van der Waals surface area contributed by atoms with E-state index in [1.165, 1.54) is 139 Å². The summed E-state index contributed by atoms with van der Waals surface area (Å²) in [6, 6.07) is 0. The molecule has 0 aliphatic carbocycles. The number of allylic oxidation sites excluding steroid dienone is 1. The van der Waals surface area contributed by atoms with Crippen molar-refractivity contribution in [1.29, 1.82) is 0 Å². The molecule has 0 amide bonds. The van der Waals surface area contributed by atoms with Crippen molar-refractivity contribution in [1.82, 2.24) is 5.32 Å². The van der Waals surface area contributed by atoms with E-state index in [1.807, 2.05) is 41.5 Å². The molecule has 0 aromatic carbocycles. The second kappa shape index (κ2) is 142. The van der Waals surface area contributed by atoms with Gasteiger partial charge in [0.15, 0.2) is 0 Å². The summed E-state index contributed by atoms with van der Waals surface area (Å²) in [6.07, 6.45) is 7.20. The Bertz CT molecular complexity index is 429. The van der Waals surface area contributed by atoms with Crippen molar-refractivity contribution in [3.63, 3.8) is 0 Å². The topological polar surface area (TPSA) is 21.3 Å². The van der Waals surface area contributed by atoms with Crippen LogP contribution in [0.4, 0.5) is 0 Å². The van der Waals surface area contributed by atoms with Gasteiger partial charge in [0, 0.05) is 0 Å². The van der Waals surface area contributed by atoms with Gasteiger partial charge in [-0.2, -0.15) is 0 Å². The van der Waals surface area contributed by atoms with Crippen LogP contribution in [-0.2, 0) is 121 Å². The molecule has 0 aliphatic heterocycles. The number of ether oxygens (including phenoxy) is 1. The zero-order chi connectivity index (χ0) is 29.2. The molecule has 0 aliphatic rings. The van der Waals surface area contributed by atoms with Crippen molar-refractivity contribution >= 4 is 25.2 Å². The third-order valence-electron chi connectivity index (χ3n) is 1.16. The van der Waals surface area contributed by atoms with E-state index in [1.54, 1.807) is 12.2 Å². The normalized spacial score (nSPS) is 5.29. The van der Waals surface area contributed by atoms with Crippen LogP contribution in [0.25, 0.3) is 0 Å². The fourth-order valence-electron chi connectivity index (χ4n) is 0.424. The Morgan fingerprint density at radius 3 is 0.881 bits per heavy atom. The zero-order valence-electron chi connectivity index (χ0n) is 22.7. The first-order valence-corrected chi connectivity index (χ1v) is 19.2. The Kier molecular flexibility index (Phi) is 351. The number of rotatable bonds is 7. The first kappa shape index (κ1) is 104. The summed E-state index contributed by atoms with van der Waals surface area (Å²) in [5, 5.41) is 3.07. The van der Waals surface area contributed by atoms with Gasteiger partial charge in [-0.05, 0) is 0 Å². The summed E-state index contributed by atoms with van der Waals surface area (Å²) >= 11 is 8.38. The zero-order valence-corrected chi connectivity index (χ0v) is 40.3. The molecule has 0 aromatic heterocycles. The van der Waals surface area contributed by atoms with Crippen molar-refractivity contribution < 1.29 is 121 Å². The molecule has 2 nitrogen and oxygen atoms in total. The van der Waals surface area contributed by atoms with E-state index in [2.05, 4.69) is 46.2 Å². The number of nitrogens with one attached hydrogen (secondary N) is 1. The van der Waals surface area contributed by atoms with Gasteiger partial charge in [0.05, 0.1) is 0 Å². The van der Waals surface area contributed by atoms with Crippen LogP contribution in [0.2, 0.25) is 0 Å². The van der Waals surface area contributed by atoms with Crippen LogP contribution in [0.5, 0.6) is 0 Å². The summed E-state index contributed by atoms with van der Waals surface area (Å²) in [5.41, 5.74) is 0. The third kappa shape index (κ3) is 348. The molecule has 42 heavy (non-hydrogen) atoms. The van der Waals surface area contributed by atoms with E-state index in [0.29, 0.717) is 6.61 Å². The molecule has 0 aromatic rings. The SMILES string of the molecule is C.C.C.C.C.C.C.C.CCC.CCC.C[C-]=[W].C[C-]=[W].C[C-]=[W].[CH-]=C[C](=[W])NCC.[CH-]=C[C](=[W])OCC.[CH-]=C[C](C)=[W]. The minimum absolute atomic E-state index is 0. The van der Waals surface area contributed by atoms with E-state index in [-0.39, 0.29) is 59.4 Å². The van der Waals surface area contributed by atoms with Crippen molar-refractivity contribution in [2.75, 3.05) is 13.2 Å². The third-order valence-corrected chi connectivity index (χ3v) is 3.57. The molecule has 0 spiro atoms. The fraction of sp³-hybridized carbons (Fsp3) is 0.647. The number of likely N-dealkylation sites (N-methyl/N-ethyl adjacent to an activating group) is 1.